The molecule has 0 N–H and O–H groups in total. The van der Waals surface area contributed by atoms with Gasteiger partial charge in [-0.1, -0.05) is 15.9 Å². The zero-order valence-electron chi connectivity index (χ0n) is 5.34. The fraction of sp³-hybridized carbons (Fsp3) is 1.00. The van der Waals surface area contributed by atoms with Gasteiger partial charge in [0.2, 0.25) is 6.04 Å². The topological polar surface area (TPSA) is 43.1 Å². The van der Waals surface area contributed by atoms with Crippen LogP contribution >= 0.6 is 15.9 Å². The van der Waals surface area contributed by atoms with Crippen LogP contribution in [-0.4, -0.2) is 16.3 Å². The molecule has 0 spiro atoms. The summed E-state index contributed by atoms with van der Waals surface area (Å²) < 4.78 is 0. The van der Waals surface area contributed by atoms with Crippen LogP contribution in [0.25, 0.3) is 0 Å². The van der Waals surface area contributed by atoms with Gasteiger partial charge in [0.1, 0.15) is 0 Å². The number of hydrogen-bond acceptors (Lipinski definition) is 2. The van der Waals surface area contributed by atoms with Crippen molar-refractivity contribution in [1.82, 2.24) is 0 Å². The van der Waals surface area contributed by atoms with E-state index in [1.807, 2.05) is 0 Å². The van der Waals surface area contributed by atoms with Crippen LogP contribution in [0.4, 0.5) is 0 Å². The van der Waals surface area contributed by atoms with Gasteiger partial charge in [0.25, 0.3) is 0 Å². The number of alkyl halides is 1. The average molecular weight is 196 g/mol. The predicted molar refractivity (Wildman–Crippen MR) is 39.5 cm³/mol. The maximum absolute atomic E-state index is 10.00. The molecule has 0 saturated carbocycles. The second kappa shape index (κ2) is 4.73. The van der Waals surface area contributed by atoms with Crippen molar-refractivity contribution in [3.8, 4) is 0 Å². The monoisotopic (exact) mass is 195 g/mol. The van der Waals surface area contributed by atoms with E-state index in [-0.39, 0.29) is 11.0 Å². The lowest BCUT2D eigenvalue weighted by molar-refractivity contribution is -0.518. The molecule has 9 heavy (non-hydrogen) atoms. The van der Waals surface area contributed by atoms with Crippen LogP contribution in [0.5, 0.6) is 0 Å². The normalized spacial score (nSPS) is 13.1. The minimum absolute atomic E-state index is 0.247. The summed E-state index contributed by atoms with van der Waals surface area (Å²) in [5, 5.41) is 10.8. The summed E-state index contributed by atoms with van der Waals surface area (Å²) in [5.74, 6) is 0. The predicted octanol–water partition coefficient (Wildman–Crippen LogP) is 1.83. The van der Waals surface area contributed by atoms with Gasteiger partial charge in [0.15, 0.2) is 0 Å². The van der Waals surface area contributed by atoms with E-state index < -0.39 is 0 Å². The largest absolute Gasteiger partial charge is 0.264 e. The van der Waals surface area contributed by atoms with Crippen LogP contribution in [0.1, 0.15) is 19.8 Å². The first kappa shape index (κ1) is 8.88. The molecule has 0 heterocycles. The van der Waals surface area contributed by atoms with Crippen LogP contribution in [0.15, 0.2) is 0 Å². The maximum Gasteiger partial charge on any atom is 0.210 e. The average Bonchev–Trinajstić information content (AvgIpc) is 1.82. The molecule has 1 unspecified atom stereocenters. The van der Waals surface area contributed by atoms with Gasteiger partial charge in [0, 0.05) is 23.6 Å². The third kappa shape index (κ3) is 4.39. The van der Waals surface area contributed by atoms with E-state index in [0.717, 1.165) is 11.8 Å². The lowest BCUT2D eigenvalue weighted by Crippen LogP contribution is -2.14. The van der Waals surface area contributed by atoms with Crippen molar-refractivity contribution in [2.75, 3.05) is 5.33 Å². The smallest absolute Gasteiger partial charge is 0.210 e. The SMILES string of the molecule is CC(CCCBr)[N+](=O)[O-]. The van der Waals surface area contributed by atoms with Gasteiger partial charge in [0.05, 0.1) is 0 Å². The Morgan fingerprint density at radius 3 is 2.67 bits per heavy atom. The molecule has 1 atom stereocenters. The number of halogens is 1. The summed E-state index contributed by atoms with van der Waals surface area (Å²) in [6, 6.07) is -0.387. The van der Waals surface area contributed by atoms with E-state index in [1.165, 1.54) is 0 Å². The minimum Gasteiger partial charge on any atom is -0.264 e. The summed E-state index contributed by atoms with van der Waals surface area (Å²) in [4.78, 5) is 9.75. The van der Waals surface area contributed by atoms with Crippen molar-refractivity contribution >= 4 is 15.9 Å². The summed E-state index contributed by atoms with van der Waals surface area (Å²) >= 11 is 3.20. The number of nitrogens with zero attached hydrogens (tertiary/aromatic N) is 1. The molecule has 0 aliphatic heterocycles. The Morgan fingerprint density at radius 2 is 2.33 bits per heavy atom. The summed E-state index contributed by atoms with van der Waals surface area (Å²) in [5.41, 5.74) is 0. The standard InChI is InChI=1S/C5H10BrNO2/c1-5(7(8)9)3-2-4-6/h5H,2-4H2,1H3. The van der Waals surface area contributed by atoms with E-state index in [4.69, 9.17) is 0 Å². The Labute approximate surface area is 62.7 Å². The number of hydrogen-bond donors (Lipinski definition) is 0. The van der Waals surface area contributed by atoms with Crippen molar-refractivity contribution in [3.63, 3.8) is 0 Å². The van der Waals surface area contributed by atoms with Crippen molar-refractivity contribution in [3.05, 3.63) is 10.1 Å². The van der Waals surface area contributed by atoms with Crippen molar-refractivity contribution in [2.24, 2.45) is 0 Å². The van der Waals surface area contributed by atoms with Gasteiger partial charge in [-0.3, -0.25) is 10.1 Å². The van der Waals surface area contributed by atoms with Gasteiger partial charge >= 0.3 is 0 Å². The lowest BCUT2D eigenvalue weighted by Gasteiger charge is -1.99. The molecular formula is C5H10BrNO2. The van der Waals surface area contributed by atoms with E-state index in [9.17, 15) is 10.1 Å². The van der Waals surface area contributed by atoms with E-state index in [0.29, 0.717) is 6.42 Å². The van der Waals surface area contributed by atoms with Crippen LogP contribution < -0.4 is 0 Å². The second-order valence-corrected chi connectivity index (χ2v) is 2.76. The summed E-state index contributed by atoms with van der Waals surface area (Å²) in [6.07, 6.45) is 1.54. The van der Waals surface area contributed by atoms with Gasteiger partial charge in [-0.2, -0.15) is 0 Å². The Hall–Kier alpha value is -0.120. The highest BCUT2D eigenvalue weighted by Gasteiger charge is 2.10. The Morgan fingerprint density at radius 1 is 1.78 bits per heavy atom. The summed E-state index contributed by atoms with van der Waals surface area (Å²) in [6.45, 7) is 1.63. The fourth-order valence-electron chi connectivity index (χ4n) is 0.478. The summed E-state index contributed by atoms with van der Waals surface area (Å²) in [7, 11) is 0. The molecule has 0 saturated heterocycles. The zero-order chi connectivity index (χ0) is 7.28. The second-order valence-electron chi connectivity index (χ2n) is 1.97. The molecule has 0 aromatic rings. The molecular weight excluding hydrogens is 186 g/mol. The molecule has 4 heteroatoms. The van der Waals surface area contributed by atoms with Gasteiger partial charge in [-0.05, 0) is 6.42 Å². The zero-order valence-corrected chi connectivity index (χ0v) is 6.93. The number of nitro groups is 1. The molecule has 3 nitrogen and oxygen atoms in total. The van der Waals surface area contributed by atoms with Gasteiger partial charge in [-0.25, -0.2) is 0 Å². The Kier molecular flexibility index (Phi) is 4.67. The van der Waals surface area contributed by atoms with Crippen LogP contribution in [0.3, 0.4) is 0 Å². The van der Waals surface area contributed by atoms with E-state index in [2.05, 4.69) is 15.9 Å². The van der Waals surface area contributed by atoms with E-state index in [1.54, 1.807) is 6.92 Å². The third-order valence-electron chi connectivity index (χ3n) is 1.12. The molecule has 0 radical (unpaired) electrons. The molecule has 0 amide bonds. The first-order chi connectivity index (χ1) is 4.18. The molecule has 0 aliphatic carbocycles. The van der Waals surface area contributed by atoms with Crippen LogP contribution in [0.2, 0.25) is 0 Å². The first-order valence-electron chi connectivity index (χ1n) is 2.88. The minimum atomic E-state index is -0.387. The maximum atomic E-state index is 10.00. The molecule has 0 aliphatic rings. The number of rotatable bonds is 4. The van der Waals surface area contributed by atoms with Crippen molar-refractivity contribution in [2.45, 2.75) is 25.8 Å². The van der Waals surface area contributed by atoms with Crippen LogP contribution in [0, 0.1) is 10.1 Å². The lowest BCUT2D eigenvalue weighted by atomic mass is 10.2. The highest BCUT2D eigenvalue weighted by molar-refractivity contribution is 9.09. The molecule has 0 fully saturated rings. The fourth-order valence-corrected chi connectivity index (χ4v) is 0.802. The Balaban J connectivity index is 3.27. The quantitative estimate of drug-likeness (QED) is 0.391. The molecule has 0 aromatic carbocycles. The molecule has 0 rings (SSSR count). The van der Waals surface area contributed by atoms with E-state index >= 15 is 0 Å². The van der Waals surface area contributed by atoms with Crippen molar-refractivity contribution in [1.29, 1.82) is 0 Å². The van der Waals surface area contributed by atoms with Gasteiger partial charge < -0.3 is 0 Å². The molecule has 54 valence electrons. The first-order valence-corrected chi connectivity index (χ1v) is 4.00. The third-order valence-corrected chi connectivity index (χ3v) is 1.68. The Bertz CT molecular complexity index is 97.0. The molecule has 0 bridgehead atoms. The van der Waals surface area contributed by atoms with Gasteiger partial charge in [-0.15, -0.1) is 0 Å². The van der Waals surface area contributed by atoms with Crippen molar-refractivity contribution < 1.29 is 4.92 Å². The molecule has 0 aromatic heterocycles. The highest BCUT2D eigenvalue weighted by Crippen LogP contribution is 2.01. The van der Waals surface area contributed by atoms with Crippen LogP contribution in [-0.2, 0) is 0 Å². The highest BCUT2D eigenvalue weighted by atomic mass is 79.9.